The number of halogens is 1. The Hall–Kier alpha value is -3.04. The van der Waals surface area contributed by atoms with E-state index in [0.29, 0.717) is 50.9 Å². The number of hydrogen-bond acceptors (Lipinski definition) is 6. The predicted molar refractivity (Wildman–Crippen MR) is 134 cm³/mol. The molecule has 2 aromatic carbocycles. The smallest absolute Gasteiger partial charge is 0.227 e. The molecule has 7 nitrogen and oxygen atoms in total. The third-order valence-corrected chi connectivity index (χ3v) is 5.37. The number of aliphatic hydroxyl groups excluding tert-OH is 1. The number of aromatic nitrogens is 2. The van der Waals surface area contributed by atoms with Crippen molar-refractivity contribution in [2.45, 2.75) is 26.0 Å². The zero-order chi connectivity index (χ0) is 25.0. The van der Waals surface area contributed by atoms with Crippen LogP contribution in [0.2, 0.25) is 0 Å². The first-order chi connectivity index (χ1) is 17.0. The molecular formula is C27H34FN3O4. The van der Waals surface area contributed by atoms with E-state index in [1.165, 1.54) is 12.1 Å². The molecule has 0 spiro atoms. The Bertz CT molecular complexity index is 1060. The van der Waals surface area contributed by atoms with Crippen LogP contribution in [0.5, 0.6) is 11.6 Å². The monoisotopic (exact) mass is 483 g/mol. The van der Waals surface area contributed by atoms with Crippen LogP contribution in [0.3, 0.4) is 0 Å². The second kappa shape index (κ2) is 13.7. The highest BCUT2D eigenvalue weighted by Crippen LogP contribution is 2.32. The van der Waals surface area contributed by atoms with E-state index in [9.17, 15) is 9.50 Å². The van der Waals surface area contributed by atoms with Crippen LogP contribution in [0.1, 0.15) is 18.2 Å². The molecule has 0 fully saturated rings. The molecule has 0 saturated heterocycles. The SMILES string of the molecule is C=CCOC[C@H](O)CN(CCOC)Cc1c(CC)nn(-c2ccccc2)c1Oc1cccc(F)c1. The number of hydrogen-bond donors (Lipinski definition) is 1. The Kier molecular flexibility index (Phi) is 10.4. The highest BCUT2D eigenvalue weighted by Gasteiger charge is 2.24. The summed E-state index contributed by atoms with van der Waals surface area (Å²) in [7, 11) is 1.64. The molecule has 0 radical (unpaired) electrons. The Morgan fingerprint density at radius 3 is 2.69 bits per heavy atom. The van der Waals surface area contributed by atoms with Crippen LogP contribution in [0.4, 0.5) is 4.39 Å². The highest BCUT2D eigenvalue weighted by molar-refractivity contribution is 5.43. The van der Waals surface area contributed by atoms with Crippen molar-refractivity contribution in [3.63, 3.8) is 0 Å². The van der Waals surface area contributed by atoms with Crippen molar-refractivity contribution < 1.29 is 23.7 Å². The Morgan fingerprint density at radius 2 is 2.00 bits per heavy atom. The van der Waals surface area contributed by atoms with Gasteiger partial charge in [-0.3, -0.25) is 4.90 Å². The molecule has 0 bridgehead atoms. The summed E-state index contributed by atoms with van der Waals surface area (Å²) in [5.74, 6) is 0.514. The van der Waals surface area contributed by atoms with Gasteiger partial charge in [0.05, 0.1) is 42.9 Å². The fraction of sp³-hybridized carbons (Fsp3) is 0.370. The fourth-order valence-corrected chi connectivity index (χ4v) is 3.73. The summed E-state index contributed by atoms with van der Waals surface area (Å²) in [6.07, 6.45) is 1.64. The van der Waals surface area contributed by atoms with Crippen LogP contribution in [0, 0.1) is 5.82 Å². The third-order valence-electron chi connectivity index (χ3n) is 5.37. The minimum atomic E-state index is -0.686. The van der Waals surface area contributed by atoms with E-state index < -0.39 is 6.10 Å². The number of rotatable bonds is 15. The third kappa shape index (κ3) is 7.73. The van der Waals surface area contributed by atoms with Gasteiger partial charge in [-0.2, -0.15) is 5.10 Å². The van der Waals surface area contributed by atoms with E-state index in [0.717, 1.165) is 16.9 Å². The van der Waals surface area contributed by atoms with Crippen LogP contribution in [0.25, 0.3) is 5.69 Å². The summed E-state index contributed by atoms with van der Waals surface area (Å²) >= 11 is 0. The molecule has 3 rings (SSSR count). The summed E-state index contributed by atoms with van der Waals surface area (Å²) in [5.41, 5.74) is 2.57. The maximum atomic E-state index is 13.9. The quantitative estimate of drug-likeness (QED) is 0.256. The Balaban J connectivity index is 1.97. The lowest BCUT2D eigenvalue weighted by Crippen LogP contribution is -2.36. The van der Waals surface area contributed by atoms with Gasteiger partial charge in [0.2, 0.25) is 5.88 Å². The summed E-state index contributed by atoms with van der Waals surface area (Å²) in [6.45, 7) is 8.16. The van der Waals surface area contributed by atoms with Crippen LogP contribution < -0.4 is 4.74 Å². The van der Waals surface area contributed by atoms with Gasteiger partial charge < -0.3 is 19.3 Å². The molecule has 0 amide bonds. The molecule has 0 aliphatic rings. The van der Waals surface area contributed by atoms with Gasteiger partial charge >= 0.3 is 0 Å². The lowest BCUT2D eigenvalue weighted by molar-refractivity contribution is 0.0192. The first-order valence-corrected chi connectivity index (χ1v) is 11.7. The predicted octanol–water partition coefficient (Wildman–Crippen LogP) is 4.38. The van der Waals surface area contributed by atoms with Crippen molar-refractivity contribution >= 4 is 0 Å². The number of para-hydroxylation sites is 1. The largest absolute Gasteiger partial charge is 0.438 e. The molecule has 35 heavy (non-hydrogen) atoms. The summed E-state index contributed by atoms with van der Waals surface area (Å²) in [4.78, 5) is 2.08. The molecule has 1 aromatic heterocycles. The van der Waals surface area contributed by atoms with E-state index in [-0.39, 0.29) is 12.4 Å². The van der Waals surface area contributed by atoms with Crippen molar-refractivity contribution in [2.75, 3.05) is 40.0 Å². The topological polar surface area (TPSA) is 69.0 Å². The van der Waals surface area contributed by atoms with Crippen molar-refractivity contribution in [2.24, 2.45) is 0 Å². The zero-order valence-corrected chi connectivity index (χ0v) is 20.4. The summed E-state index contributed by atoms with van der Waals surface area (Å²) < 4.78 is 32.6. The molecule has 8 heteroatoms. The molecule has 0 unspecified atom stereocenters. The van der Waals surface area contributed by atoms with E-state index in [1.54, 1.807) is 30.0 Å². The van der Waals surface area contributed by atoms with Gasteiger partial charge in [0, 0.05) is 32.8 Å². The van der Waals surface area contributed by atoms with Gasteiger partial charge in [-0.1, -0.05) is 37.3 Å². The normalized spacial score (nSPS) is 12.1. The average Bonchev–Trinajstić information content (AvgIpc) is 3.20. The van der Waals surface area contributed by atoms with Crippen LogP contribution >= 0.6 is 0 Å². The van der Waals surface area contributed by atoms with Crippen LogP contribution in [-0.4, -0.2) is 65.9 Å². The Morgan fingerprint density at radius 1 is 1.20 bits per heavy atom. The average molecular weight is 484 g/mol. The Labute approximate surface area is 206 Å². The second-order valence-electron chi connectivity index (χ2n) is 8.10. The maximum absolute atomic E-state index is 13.9. The lowest BCUT2D eigenvalue weighted by atomic mass is 10.1. The molecule has 1 atom stereocenters. The summed E-state index contributed by atoms with van der Waals surface area (Å²) in [6, 6.07) is 15.7. The van der Waals surface area contributed by atoms with Gasteiger partial charge in [0.15, 0.2) is 0 Å². The molecule has 0 aliphatic heterocycles. The maximum Gasteiger partial charge on any atom is 0.227 e. The number of aliphatic hydroxyl groups is 1. The number of benzene rings is 2. The molecule has 3 aromatic rings. The van der Waals surface area contributed by atoms with Crippen LogP contribution in [0.15, 0.2) is 67.3 Å². The van der Waals surface area contributed by atoms with Gasteiger partial charge in [-0.25, -0.2) is 9.07 Å². The van der Waals surface area contributed by atoms with Crippen molar-refractivity contribution in [3.8, 4) is 17.3 Å². The standard InChI is InChI=1S/C27H34FN3O4/c1-4-15-34-20-23(32)18-30(14-16-33-3)19-25-26(5-2)29-31(22-11-7-6-8-12-22)27(25)35-24-13-9-10-21(28)17-24/h4,6-13,17,23,32H,1,5,14-16,18-20H2,2-3H3/t23-/m1/s1. The van der Waals surface area contributed by atoms with Crippen LogP contribution in [-0.2, 0) is 22.4 Å². The molecular weight excluding hydrogens is 449 g/mol. The number of methoxy groups -OCH3 is 1. The molecule has 0 aliphatic carbocycles. The summed E-state index contributed by atoms with van der Waals surface area (Å²) in [5, 5.41) is 15.4. The first kappa shape index (κ1) is 26.6. The highest BCUT2D eigenvalue weighted by atomic mass is 19.1. The van der Waals surface area contributed by atoms with Crippen molar-refractivity contribution in [3.05, 3.63) is 84.3 Å². The number of nitrogens with zero attached hydrogens (tertiary/aromatic N) is 3. The minimum absolute atomic E-state index is 0.200. The number of aryl methyl sites for hydroxylation is 1. The molecule has 0 saturated carbocycles. The van der Waals surface area contributed by atoms with Gasteiger partial charge in [0.1, 0.15) is 11.6 Å². The van der Waals surface area contributed by atoms with Crippen molar-refractivity contribution in [1.82, 2.24) is 14.7 Å². The van der Waals surface area contributed by atoms with E-state index in [1.807, 2.05) is 37.3 Å². The van der Waals surface area contributed by atoms with Gasteiger partial charge in [-0.15, -0.1) is 6.58 Å². The lowest BCUT2D eigenvalue weighted by Gasteiger charge is -2.25. The van der Waals surface area contributed by atoms with Crippen molar-refractivity contribution in [1.29, 1.82) is 0 Å². The minimum Gasteiger partial charge on any atom is -0.438 e. The molecule has 188 valence electrons. The number of ether oxygens (including phenoxy) is 3. The van der Waals surface area contributed by atoms with E-state index in [2.05, 4.69) is 11.5 Å². The molecule has 1 N–H and O–H groups in total. The van der Waals surface area contributed by atoms with Gasteiger partial charge in [-0.05, 0) is 30.7 Å². The second-order valence-corrected chi connectivity index (χ2v) is 8.10. The zero-order valence-electron chi connectivity index (χ0n) is 20.4. The first-order valence-electron chi connectivity index (χ1n) is 11.7. The van der Waals surface area contributed by atoms with E-state index >= 15 is 0 Å². The van der Waals surface area contributed by atoms with Gasteiger partial charge in [0.25, 0.3) is 0 Å². The molecule has 1 heterocycles. The van der Waals surface area contributed by atoms with E-state index in [4.69, 9.17) is 19.3 Å². The fourth-order valence-electron chi connectivity index (χ4n) is 3.73.